The van der Waals surface area contributed by atoms with Gasteiger partial charge >= 0.3 is 0 Å². The van der Waals surface area contributed by atoms with Crippen molar-refractivity contribution in [1.82, 2.24) is 5.32 Å². The zero-order valence-corrected chi connectivity index (χ0v) is 16.4. The molecule has 4 rings (SSSR count). The van der Waals surface area contributed by atoms with Crippen molar-refractivity contribution in [2.45, 2.75) is 17.4 Å². The van der Waals surface area contributed by atoms with E-state index in [2.05, 4.69) is 5.32 Å². The summed E-state index contributed by atoms with van der Waals surface area (Å²) >= 11 is 1.65. The van der Waals surface area contributed by atoms with Crippen LogP contribution < -0.4 is 19.7 Å². The third-order valence-electron chi connectivity index (χ3n) is 4.95. The van der Waals surface area contributed by atoms with Gasteiger partial charge in [0.15, 0.2) is 11.5 Å². The van der Waals surface area contributed by atoms with Crippen molar-refractivity contribution in [3.63, 3.8) is 0 Å². The van der Waals surface area contributed by atoms with Crippen LogP contribution in [-0.4, -0.2) is 43.9 Å². The molecule has 2 aromatic carbocycles. The molecule has 0 aliphatic carbocycles. The lowest BCUT2D eigenvalue weighted by atomic mass is 10.1. The van der Waals surface area contributed by atoms with E-state index in [9.17, 15) is 9.59 Å². The SMILES string of the molecule is CSc1ccc(N2C[C@H](C(=O)NC[C@H]3COc4ccccc4O3)CC2=O)cc1. The van der Waals surface area contributed by atoms with Crippen LogP contribution in [0.2, 0.25) is 0 Å². The summed E-state index contributed by atoms with van der Waals surface area (Å²) in [6, 6.07) is 15.3. The number of rotatable bonds is 5. The number of anilines is 1. The number of carbonyl (C=O) groups is 2. The maximum Gasteiger partial charge on any atom is 0.227 e. The third kappa shape index (κ3) is 3.94. The molecule has 2 atom stereocenters. The van der Waals surface area contributed by atoms with Crippen molar-refractivity contribution in [3.8, 4) is 11.5 Å². The summed E-state index contributed by atoms with van der Waals surface area (Å²) in [6.45, 7) is 1.13. The van der Waals surface area contributed by atoms with Crippen molar-refractivity contribution in [3.05, 3.63) is 48.5 Å². The van der Waals surface area contributed by atoms with Gasteiger partial charge in [0.1, 0.15) is 12.7 Å². The number of hydrogen-bond donors (Lipinski definition) is 1. The molecule has 0 radical (unpaired) electrons. The van der Waals surface area contributed by atoms with E-state index in [1.165, 1.54) is 0 Å². The Bertz CT molecular complexity index is 871. The number of ether oxygens (including phenoxy) is 2. The first kappa shape index (κ1) is 18.7. The van der Waals surface area contributed by atoms with Crippen molar-refractivity contribution in [2.75, 3.05) is 30.9 Å². The molecule has 2 amide bonds. The van der Waals surface area contributed by atoms with E-state index >= 15 is 0 Å². The van der Waals surface area contributed by atoms with Gasteiger partial charge in [0.2, 0.25) is 11.8 Å². The molecule has 2 aliphatic heterocycles. The van der Waals surface area contributed by atoms with Crippen molar-refractivity contribution in [2.24, 2.45) is 5.92 Å². The second-order valence-corrected chi connectivity index (χ2v) is 7.73. The van der Waals surface area contributed by atoms with E-state index in [1.54, 1.807) is 16.7 Å². The highest BCUT2D eigenvalue weighted by molar-refractivity contribution is 7.98. The van der Waals surface area contributed by atoms with Crippen molar-refractivity contribution in [1.29, 1.82) is 0 Å². The number of fused-ring (bicyclic) bond motifs is 1. The lowest BCUT2D eigenvalue weighted by molar-refractivity contribution is -0.126. The molecule has 2 heterocycles. The standard InChI is InChI=1S/C21H22N2O4S/c1-28-17-8-6-15(7-9-17)23-12-14(10-20(23)24)21(25)22-11-16-13-26-18-4-2-3-5-19(18)27-16/h2-9,14,16H,10-13H2,1H3,(H,22,25)/t14-,16+/m1/s1. The van der Waals surface area contributed by atoms with Crippen LogP contribution in [0.4, 0.5) is 5.69 Å². The third-order valence-corrected chi connectivity index (χ3v) is 5.69. The number of thioether (sulfide) groups is 1. The fraction of sp³-hybridized carbons (Fsp3) is 0.333. The van der Waals surface area contributed by atoms with Gasteiger partial charge in [-0.25, -0.2) is 0 Å². The fourth-order valence-electron chi connectivity index (χ4n) is 3.42. The van der Waals surface area contributed by atoms with E-state index in [0.29, 0.717) is 25.4 Å². The summed E-state index contributed by atoms with van der Waals surface area (Å²) in [5, 5.41) is 2.91. The minimum atomic E-state index is -0.357. The number of amides is 2. The first-order chi connectivity index (χ1) is 13.6. The Hall–Kier alpha value is -2.67. The van der Waals surface area contributed by atoms with Crippen LogP contribution in [0.25, 0.3) is 0 Å². The molecule has 0 spiro atoms. The van der Waals surface area contributed by atoms with E-state index in [0.717, 1.165) is 16.3 Å². The quantitative estimate of drug-likeness (QED) is 0.785. The van der Waals surface area contributed by atoms with E-state index in [1.807, 2.05) is 54.8 Å². The summed E-state index contributed by atoms with van der Waals surface area (Å²) in [6.07, 6.45) is 1.99. The number of para-hydroxylation sites is 2. The molecule has 7 heteroatoms. The van der Waals surface area contributed by atoms with E-state index < -0.39 is 0 Å². The maximum atomic E-state index is 12.6. The summed E-state index contributed by atoms with van der Waals surface area (Å²) in [5.74, 6) is 0.894. The molecule has 1 fully saturated rings. The summed E-state index contributed by atoms with van der Waals surface area (Å²) < 4.78 is 11.5. The lowest BCUT2D eigenvalue weighted by Gasteiger charge is -2.26. The molecule has 1 N–H and O–H groups in total. The number of hydrogen-bond acceptors (Lipinski definition) is 5. The van der Waals surface area contributed by atoms with E-state index in [-0.39, 0.29) is 30.3 Å². The number of carbonyl (C=O) groups excluding carboxylic acids is 2. The molecule has 146 valence electrons. The number of nitrogens with one attached hydrogen (secondary N) is 1. The molecular weight excluding hydrogens is 376 g/mol. The number of nitrogens with zero attached hydrogens (tertiary/aromatic N) is 1. The molecule has 28 heavy (non-hydrogen) atoms. The Kier molecular flexibility index (Phi) is 5.43. The zero-order valence-electron chi connectivity index (χ0n) is 15.6. The van der Waals surface area contributed by atoms with Gasteiger partial charge in [-0.2, -0.15) is 0 Å². The Labute approximate surface area is 168 Å². The average molecular weight is 398 g/mol. The monoisotopic (exact) mass is 398 g/mol. The predicted octanol–water partition coefficient (Wildman–Crippen LogP) is 2.72. The largest absolute Gasteiger partial charge is 0.486 e. The first-order valence-electron chi connectivity index (χ1n) is 9.24. The van der Waals surface area contributed by atoms with Crippen LogP contribution >= 0.6 is 11.8 Å². The Morgan fingerprint density at radius 1 is 1.18 bits per heavy atom. The molecular formula is C21H22N2O4S. The molecule has 0 unspecified atom stereocenters. The van der Waals surface area contributed by atoms with E-state index in [4.69, 9.17) is 9.47 Å². The van der Waals surface area contributed by atoms with Crippen molar-refractivity contribution < 1.29 is 19.1 Å². The second-order valence-electron chi connectivity index (χ2n) is 6.85. The van der Waals surface area contributed by atoms with Crippen LogP contribution in [0.1, 0.15) is 6.42 Å². The van der Waals surface area contributed by atoms with Gasteiger partial charge < -0.3 is 19.7 Å². The highest BCUT2D eigenvalue weighted by Crippen LogP contribution is 2.31. The Morgan fingerprint density at radius 2 is 1.93 bits per heavy atom. The zero-order chi connectivity index (χ0) is 19.5. The molecule has 6 nitrogen and oxygen atoms in total. The highest BCUT2D eigenvalue weighted by atomic mass is 32.2. The van der Waals surface area contributed by atoms with Crippen LogP contribution in [0.3, 0.4) is 0 Å². The molecule has 0 saturated carbocycles. The Morgan fingerprint density at radius 3 is 2.68 bits per heavy atom. The first-order valence-corrected chi connectivity index (χ1v) is 10.5. The molecule has 1 saturated heterocycles. The normalized spacial score (nSPS) is 20.9. The average Bonchev–Trinajstić information content (AvgIpc) is 3.13. The van der Waals surface area contributed by atoms with Crippen LogP contribution in [0, 0.1) is 5.92 Å². The van der Waals surface area contributed by atoms with Gasteiger partial charge in [-0.3, -0.25) is 9.59 Å². The topological polar surface area (TPSA) is 67.9 Å². The van der Waals surface area contributed by atoms with Gasteiger partial charge in [0.05, 0.1) is 12.5 Å². The lowest BCUT2D eigenvalue weighted by Crippen LogP contribution is -2.43. The molecule has 0 aromatic heterocycles. The maximum absolute atomic E-state index is 12.6. The minimum absolute atomic E-state index is 0.0248. The van der Waals surface area contributed by atoms with Gasteiger partial charge in [-0.05, 0) is 42.7 Å². The highest BCUT2D eigenvalue weighted by Gasteiger charge is 2.35. The summed E-state index contributed by atoms with van der Waals surface area (Å²) in [7, 11) is 0. The number of benzene rings is 2. The van der Waals surface area contributed by atoms with Crippen LogP contribution in [0.5, 0.6) is 11.5 Å². The summed E-state index contributed by atoms with van der Waals surface area (Å²) in [5.41, 5.74) is 0.832. The minimum Gasteiger partial charge on any atom is -0.486 e. The van der Waals surface area contributed by atoms with Crippen LogP contribution in [0.15, 0.2) is 53.4 Å². The molecule has 2 aliphatic rings. The molecule has 2 aromatic rings. The Balaban J connectivity index is 1.31. The summed E-state index contributed by atoms with van der Waals surface area (Å²) in [4.78, 5) is 27.8. The van der Waals surface area contributed by atoms with Gasteiger partial charge in [0.25, 0.3) is 0 Å². The van der Waals surface area contributed by atoms with Crippen molar-refractivity contribution >= 4 is 29.3 Å². The fourth-order valence-corrected chi connectivity index (χ4v) is 3.83. The molecule has 0 bridgehead atoms. The van der Waals surface area contributed by atoms with Gasteiger partial charge in [0, 0.05) is 23.5 Å². The van der Waals surface area contributed by atoms with Gasteiger partial charge in [-0.15, -0.1) is 11.8 Å². The van der Waals surface area contributed by atoms with Gasteiger partial charge in [-0.1, -0.05) is 12.1 Å². The smallest absolute Gasteiger partial charge is 0.227 e. The predicted molar refractivity (Wildman–Crippen MR) is 108 cm³/mol. The van der Waals surface area contributed by atoms with Crippen LogP contribution in [-0.2, 0) is 9.59 Å². The second kappa shape index (κ2) is 8.14.